The molecule has 0 bridgehead atoms. The lowest BCUT2D eigenvalue weighted by Crippen LogP contribution is -2.45. The summed E-state index contributed by atoms with van der Waals surface area (Å²) >= 11 is 0. The first kappa shape index (κ1) is 19.7. The molecule has 0 fully saturated rings. The zero-order chi connectivity index (χ0) is 19.0. The molecule has 1 aliphatic rings. The Morgan fingerprint density at radius 1 is 1.15 bits per heavy atom. The predicted molar refractivity (Wildman–Crippen MR) is 98.3 cm³/mol. The molecule has 140 valence electrons. The SMILES string of the molecule is CCCCCC[N+]1(CC(=O)O)C=NC(C(=O)NCc2ccc(O)cc2)=C1. The third-order valence-corrected chi connectivity index (χ3v) is 4.29. The van der Waals surface area contributed by atoms with Gasteiger partial charge in [0.05, 0.1) is 6.54 Å². The van der Waals surface area contributed by atoms with E-state index in [1.54, 1.807) is 36.8 Å². The number of aliphatic imine (C=N–C) groups is 1. The number of nitrogens with zero attached hydrogens (tertiary/aromatic N) is 2. The van der Waals surface area contributed by atoms with Crippen molar-refractivity contribution in [3.05, 3.63) is 41.7 Å². The minimum atomic E-state index is -0.922. The minimum absolute atomic E-state index is 0.0704. The molecule has 1 amide bonds. The summed E-state index contributed by atoms with van der Waals surface area (Å²) in [5.74, 6) is -1.09. The first-order valence-electron chi connectivity index (χ1n) is 8.86. The van der Waals surface area contributed by atoms with E-state index in [4.69, 9.17) is 0 Å². The van der Waals surface area contributed by atoms with Crippen molar-refractivity contribution >= 4 is 18.2 Å². The summed E-state index contributed by atoms with van der Waals surface area (Å²) < 4.78 is 0.0704. The van der Waals surface area contributed by atoms with Crippen LogP contribution in [-0.2, 0) is 16.1 Å². The maximum absolute atomic E-state index is 12.3. The molecule has 0 aromatic heterocycles. The van der Waals surface area contributed by atoms with Gasteiger partial charge in [0.2, 0.25) is 0 Å². The number of carbonyl (C=O) groups excluding carboxylic acids is 1. The molecule has 1 aliphatic heterocycles. The molecule has 1 atom stereocenters. The van der Waals surface area contributed by atoms with E-state index < -0.39 is 5.97 Å². The van der Waals surface area contributed by atoms with Crippen LogP contribution >= 0.6 is 0 Å². The molecule has 1 aromatic carbocycles. The molecule has 1 aromatic rings. The summed E-state index contributed by atoms with van der Waals surface area (Å²) in [7, 11) is 0. The number of phenolic OH excluding ortho intramolecular Hbond substituents is 1. The number of amides is 1. The third-order valence-electron chi connectivity index (χ3n) is 4.29. The predicted octanol–water partition coefficient (Wildman–Crippen LogP) is 2.37. The zero-order valence-corrected chi connectivity index (χ0v) is 15.0. The highest BCUT2D eigenvalue weighted by Crippen LogP contribution is 2.19. The second-order valence-electron chi connectivity index (χ2n) is 6.55. The quantitative estimate of drug-likeness (QED) is 0.441. The van der Waals surface area contributed by atoms with E-state index in [1.807, 2.05) is 0 Å². The summed E-state index contributed by atoms with van der Waals surface area (Å²) in [4.78, 5) is 27.7. The fraction of sp³-hybridized carbons (Fsp3) is 0.421. The maximum atomic E-state index is 12.3. The highest BCUT2D eigenvalue weighted by molar-refractivity contribution is 5.95. The number of aliphatic carboxylic acids is 1. The standard InChI is InChI=1S/C19H25N3O4/c1-2-3-4-5-10-22(13-18(24)25)12-17(21-14-22)19(26)20-11-15-6-8-16(23)9-7-15/h6-9,12,14H,2-5,10-11,13H2,1H3,(H2-,20,23,24,25,26)/p+1. The van der Waals surface area contributed by atoms with Crippen molar-refractivity contribution in [1.82, 2.24) is 5.32 Å². The van der Waals surface area contributed by atoms with Crippen LogP contribution < -0.4 is 5.32 Å². The molecule has 0 saturated heterocycles. The van der Waals surface area contributed by atoms with Crippen LogP contribution in [0, 0.1) is 0 Å². The Balaban J connectivity index is 1.98. The normalized spacial score (nSPS) is 18.6. The van der Waals surface area contributed by atoms with E-state index in [1.165, 1.54) is 0 Å². The van der Waals surface area contributed by atoms with Gasteiger partial charge < -0.3 is 15.5 Å². The number of phenols is 1. The monoisotopic (exact) mass is 360 g/mol. The summed E-state index contributed by atoms with van der Waals surface area (Å²) in [6.45, 7) is 2.92. The van der Waals surface area contributed by atoms with E-state index >= 15 is 0 Å². The molecular weight excluding hydrogens is 334 g/mol. The van der Waals surface area contributed by atoms with Gasteiger partial charge in [-0.25, -0.2) is 9.28 Å². The number of aromatic hydroxyl groups is 1. The molecule has 1 unspecified atom stereocenters. The average molecular weight is 360 g/mol. The number of benzene rings is 1. The van der Waals surface area contributed by atoms with E-state index in [-0.39, 0.29) is 28.4 Å². The van der Waals surface area contributed by atoms with Gasteiger partial charge in [0.25, 0.3) is 5.91 Å². The van der Waals surface area contributed by atoms with Crippen molar-refractivity contribution < 1.29 is 24.3 Å². The van der Waals surface area contributed by atoms with Crippen molar-refractivity contribution in [2.45, 2.75) is 39.2 Å². The van der Waals surface area contributed by atoms with Gasteiger partial charge in [0, 0.05) is 6.54 Å². The number of hydrogen-bond acceptors (Lipinski definition) is 4. The van der Waals surface area contributed by atoms with Crippen LogP contribution in [0.25, 0.3) is 0 Å². The van der Waals surface area contributed by atoms with Gasteiger partial charge in [-0.05, 0) is 30.5 Å². The molecule has 2 rings (SSSR count). The summed E-state index contributed by atoms with van der Waals surface area (Å²) in [6.07, 6.45) is 7.30. The largest absolute Gasteiger partial charge is 0.508 e. The minimum Gasteiger partial charge on any atom is -0.508 e. The summed E-state index contributed by atoms with van der Waals surface area (Å²) in [5, 5.41) is 21.3. The van der Waals surface area contributed by atoms with E-state index in [2.05, 4.69) is 17.2 Å². The fourth-order valence-electron chi connectivity index (χ4n) is 2.86. The lowest BCUT2D eigenvalue weighted by atomic mass is 10.2. The Bertz CT molecular complexity index is 697. The molecule has 26 heavy (non-hydrogen) atoms. The van der Waals surface area contributed by atoms with E-state index in [9.17, 15) is 19.8 Å². The average Bonchev–Trinajstić information content (AvgIpc) is 3.01. The molecule has 7 nitrogen and oxygen atoms in total. The van der Waals surface area contributed by atoms with Crippen LogP contribution in [0.3, 0.4) is 0 Å². The van der Waals surface area contributed by atoms with Gasteiger partial charge in [0.15, 0.2) is 18.6 Å². The molecule has 0 saturated carbocycles. The Morgan fingerprint density at radius 2 is 1.88 bits per heavy atom. The Kier molecular flexibility index (Phi) is 6.91. The van der Waals surface area contributed by atoms with Crippen molar-refractivity contribution in [1.29, 1.82) is 0 Å². The smallest absolute Gasteiger partial charge is 0.360 e. The van der Waals surface area contributed by atoms with Crippen molar-refractivity contribution in [2.75, 3.05) is 13.1 Å². The third kappa shape index (κ3) is 5.70. The van der Waals surface area contributed by atoms with Gasteiger partial charge in [-0.15, -0.1) is 0 Å². The molecule has 0 spiro atoms. The van der Waals surface area contributed by atoms with E-state index in [0.29, 0.717) is 13.1 Å². The van der Waals surface area contributed by atoms with Crippen LogP contribution in [0.2, 0.25) is 0 Å². The van der Waals surface area contributed by atoms with Crippen molar-refractivity contribution in [2.24, 2.45) is 4.99 Å². The number of carboxylic acids is 1. The maximum Gasteiger partial charge on any atom is 0.360 e. The Labute approximate surface area is 153 Å². The van der Waals surface area contributed by atoms with Crippen LogP contribution in [-0.4, -0.2) is 46.0 Å². The molecule has 0 radical (unpaired) electrons. The van der Waals surface area contributed by atoms with Gasteiger partial charge in [-0.1, -0.05) is 31.9 Å². The first-order valence-corrected chi connectivity index (χ1v) is 8.86. The Hall–Kier alpha value is -2.67. The summed E-state index contributed by atoms with van der Waals surface area (Å²) in [5.41, 5.74) is 1.09. The molecular formula is C19H26N3O4+. The molecule has 3 N–H and O–H groups in total. The summed E-state index contributed by atoms with van der Waals surface area (Å²) in [6, 6.07) is 6.56. The van der Waals surface area contributed by atoms with Crippen LogP contribution in [0.15, 0.2) is 41.2 Å². The van der Waals surface area contributed by atoms with Crippen LogP contribution in [0.1, 0.15) is 38.2 Å². The topological polar surface area (TPSA) is 99.0 Å². The second kappa shape index (κ2) is 9.15. The Morgan fingerprint density at radius 3 is 2.54 bits per heavy atom. The molecule has 7 heteroatoms. The van der Waals surface area contributed by atoms with Gasteiger partial charge >= 0.3 is 5.97 Å². The number of carboxylic acid groups (broad SMARTS) is 1. The lowest BCUT2D eigenvalue weighted by Gasteiger charge is -2.25. The molecule has 1 heterocycles. The van der Waals surface area contributed by atoms with Gasteiger partial charge in [-0.2, -0.15) is 4.99 Å². The number of hydrogen-bond donors (Lipinski definition) is 3. The van der Waals surface area contributed by atoms with Crippen molar-refractivity contribution in [3.63, 3.8) is 0 Å². The number of quaternary nitrogens is 1. The fourth-order valence-corrected chi connectivity index (χ4v) is 2.86. The highest BCUT2D eigenvalue weighted by atomic mass is 16.4. The van der Waals surface area contributed by atoms with Crippen LogP contribution in [0.4, 0.5) is 0 Å². The lowest BCUT2D eigenvalue weighted by molar-refractivity contribution is -0.771. The number of unbranched alkanes of at least 4 members (excludes halogenated alkanes) is 3. The number of rotatable bonds is 10. The highest BCUT2D eigenvalue weighted by Gasteiger charge is 2.33. The second-order valence-corrected chi connectivity index (χ2v) is 6.55. The van der Waals surface area contributed by atoms with Gasteiger partial charge in [0.1, 0.15) is 11.9 Å². The van der Waals surface area contributed by atoms with Crippen LogP contribution in [0.5, 0.6) is 5.75 Å². The molecule has 0 aliphatic carbocycles. The number of nitrogens with one attached hydrogen (secondary N) is 1. The van der Waals surface area contributed by atoms with Gasteiger partial charge in [-0.3, -0.25) is 4.79 Å². The first-order chi connectivity index (χ1) is 12.4. The van der Waals surface area contributed by atoms with Crippen molar-refractivity contribution in [3.8, 4) is 5.75 Å². The zero-order valence-electron chi connectivity index (χ0n) is 15.0. The van der Waals surface area contributed by atoms with E-state index in [0.717, 1.165) is 31.2 Å². The number of carbonyl (C=O) groups is 2.